The van der Waals surface area contributed by atoms with Crippen LogP contribution in [0.25, 0.3) is 0 Å². The molecule has 0 saturated heterocycles. The minimum atomic E-state index is -0.163. The molecule has 112 valence electrons. The molecule has 0 saturated carbocycles. The molecule has 2 aromatic rings. The number of nitrogens with one attached hydrogen (secondary N) is 1. The minimum Gasteiger partial charge on any atom is -0.369 e. The number of anilines is 1. The fraction of sp³-hybridized carbons (Fsp3) is 0.294. The van der Waals surface area contributed by atoms with Gasteiger partial charge in [0.05, 0.1) is 5.69 Å². The Kier molecular flexibility index (Phi) is 5.76. The molecule has 0 aliphatic carbocycles. The van der Waals surface area contributed by atoms with E-state index in [1.807, 2.05) is 24.1 Å². The van der Waals surface area contributed by atoms with Gasteiger partial charge in [-0.05, 0) is 46.2 Å². The maximum atomic E-state index is 13.7. The summed E-state index contributed by atoms with van der Waals surface area (Å²) >= 11 is 3.61. The summed E-state index contributed by atoms with van der Waals surface area (Å²) < 4.78 is 14.7. The molecule has 0 heterocycles. The molecule has 0 fully saturated rings. The first-order valence-corrected chi connectivity index (χ1v) is 7.84. The van der Waals surface area contributed by atoms with E-state index < -0.39 is 0 Å². The summed E-state index contributed by atoms with van der Waals surface area (Å²) in [5.41, 5.74) is 2.98. The van der Waals surface area contributed by atoms with Crippen LogP contribution in [0.5, 0.6) is 0 Å². The molecule has 1 N–H and O–H groups in total. The summed E-state index contributed by atoms with van der Waals surface area (Å²) in [5, 5.41) is 3.30. The summed E-state index contributed by atoms with van der Waals surface area (Å²) in [4.78, 5) is 2.04. The van der Waals surface area contributed by atoms with Crippen molar-refractivity contribution in [2.45, 2.75) is 20.0 Å². The Balaban J connectivity index is 2.12. The molecule has 0 atom stereocenters. The zero-order chi connectivity index (χ0) is 15.2. The van der Waals surface area contributed by atoms with Crippen LogP contribution in [-0.4, -0.2) is 13.6 Å². The van der Waals surface area contributed by atoms with Gasteiger partial charge in [0.2, 0.25) is 0 Å². The fourth-order valence-electron chi connectivity index (χ4n) is 2.21. The van der Waals surface area contributed by atoms with Gasteiger partial charge in [-0.2, -0.15) is 0 Å². The molecule has 2 aromatic carbocycles. The van der Waals surface area contributed by atoms with Crippen LogP contribution >= 0.6 is 15.9 Å². The van der Waals surface area contributed by atoms with Gasteiger partial charge in [-0.15, -0.1) is 0 Å². The van der Waals surface area contributed by atoms with Crippen molar-refractivity contribution >= 4 is 21.6 Å². The van der Waals surface area contributed by atoms with E-state index in [-0.39, 0.29) is 5.82 Å². The number of benzene rings is 2. The minimum absolute atomic E-state index is 0.163. The average molecular weight is 351 g/mol. The van der Waals surface area contributed by atoms with Gasteiger partial charge in [-0.1, -0.05) is 31.2 Å². The van der Waals surface area contributed by atoms with Crippen LogP contribution in [0.1, 0.15) is 18.1 Å². The summed E-state index contributed by atoms with van der Waals surface area (Å²) in [5.74, 6) is -0.163. The van der Waals surface area contributed by atoms with Crippen molar-refractivity contribution < 1.29 is 4.39 Å². The first-order valence-electron chi connectivity index (χ1n) is 7.05. The highest BCUT2D eigenvalue weighted by Gasteiger charge is 2.09. The molecule has 21 heavy (non-hydrogen) atoms. The molecule has 0 bridgehead atoms. The maximum absolute atomic E-state index is 13.7. The molecule has 0 amide bonds. The maximum Gasteiger partial charge on any atom is 0.128 e. The molecular formula is C17H20BrFN2. The highest BCUT2D eigenvalue weighted by Crippen LogP contribution is 2.28. The van der Waals surface area contributed by atoms with E-state index in [1.165, 1.54) is 11.6 Å². The highest BCUT2D eigenvalue weighted by atomic mass is 79.9. The summed E-state index contributed by atoms with van der Waals surface area (Å²) in [7, 11) is 1.97. The molecule has 2 nitrogen and oxygen atoms in total. The Morgan fingerprint density at radius 3 is 2.62 bits per heavy atom. The van der Waals surface area contributed by atoms with Crippen molar-refractivity contribution in [3.05, 3.63) is 63.9 Å². The van der Waals surface area contributed by atoms with Crippen LogP contribution in [0.4, 0.5) is 10.1 Å². The molecule has 0 radical (unpaired) electrons. The van der Waals surface area contributed by atoms with Crippen LogP contribution in [0.3, 0.4) is 0 Å². The fourth-order valence-corrected chi connectivity index (χ4v) is 2.94. The Labute approximate surface area is 134 Å². The third-order valence-electron chi connectivity index (χ3n) is 3.37. The van der Waals surface area contributed by atoms with Gasteiger partial charge in [0, 0.05) is 30.2 Å². The molecule has 0 aromatic heterocycles. The first kappa shape index (κ1) is 16.0. The van der Waals surface area contributed by atoms with Gasteiger partial charge in [0.1, 0.15) is 5.82 Å². The average Bonchev–Trinajstić information content (AvgIpc) is 2.47. The summed E-state index contributed by atoms with van der Waals surface area (Å²) in [6.45, 7) is 4.43. The summed E-state index contributed by atoms with van der Waals surface area (Å²) in [6, 6.07) is 13.2. The molecule has 4 heteroatoms. The Bertz CT molecular complexity index is 601. The van der Waals surface area contributed by atoms with Crippen LogP contribution < -0.4 is 10.2 Å². The van der Waals surface area contributed by atoms with E-state index in [4.69, 9.17) is 0 Å². The van der Waals surface area contributed by atoms with Gasteiger partial charge in [0.25, 0.3) is 0 Å². The molecule has 0 spiro atoms. The Morgan fingerprint density at radius 1 is 1.19 bits per heavy atom. The van der Waals surface area contributed by atoms with E-state index >= 15 is 0 Å². The van der Waals surface area contributed by atoms with Gasteiger partial charge in [-0.25, -0.2) is 4.39 Å². The molecule has 2 rings (SSSR count). The van der Waals surface area contributed by atoms with Crippen molar-refractivity contribution in [1.29, 1.82) is 0 Å². The quantitative estimate of drug-likeness (QED) is 0.833. The SMILES string of the molecule is CCNCc1ccc(N(C)Cc2ccccc2F)c(Br)c1. The van der Waals surface area contributed by atoms with Gasteiger partial charge < -0.3 is 10.2 Å². The van der Waals surface area contributed by atoms with Crippen LogP contribution in [0, 0.1) is 5.82 Å². The van der Waals surface area contributed by atoms with Gasteiger partial charge >= 0.3 is 0 Å². The zero-order valence-corrected chi connectivity index (χ0v) is 14.0. The van der Waals surface area contributed by atoms with E-state index in [0.717, 1.165) is 23.2 Å². The van der Waals surface area contributed by atoms with E-state index in [0.29, 0.717) is 12.1 Å². The van der Waals surface area contributed by atoms with Gasteiger partial charge in [-0.3, -0.25) is 0 Å². The molecule has 0 unspecified atom stereocenters. The van der Waals surface area contributed by atoms with Crippen LogP contribution in [0.15, 0.2) is 46.9 Å². The predicted molar refractivity (Wildman–Crippen MR) is 90.0 cm³/mol. The van der Waals surface area contributed by atoms with Crippen molar-refractivity contribution in [2.75, 3.05) is 18.5 Å². The summed E-state index contributed by atoms with van der Waals surface area (Å²) in [6.07, 6.45) is 0. The molecule has 0 aliphatic rings. The standard InChI is InChI=1S/C17H20BrFN2/c1-3-20-11-13-8-9-17(15(18)10-13)21(2)12-14-6-4-5-7-16(14)19/h4-10,20H,3,11-12H2,1-2H3. The van der Waals surface area contributed by atoms with Crippen molar-refractivity contribution in [3.8, 4) is 0 Å². The van der Waals surface area contributed by atoms with Crippen molar-refractivity contribution in [2.24, 2.45) is 0 Å². The van der Waals surface area contributed by atoms with Crippen LogP contribution in [0.2, 0.25) is 0 Å². The largest absolute Gasteiger partial charge is 0.369 e. The smallest absolute Gasteiger partial charge is 0.128 e. The Hall–Kier alpha value is -1.39. The number of nitrogens with zero attached hydrogens (tertiary/aromatic N) is 1. The third kappa shape index (κ3) is 4.29. The van der Waals surface area contributed by atoms with E-state index in [2.05, 4.69) is 46.4 Å². The highest BCUT2D eigenvalue weighted by molar-refractivity contribution is 9.10. The lowest BCUT2D eigenvalue weighted by Gasteiger charge is -2.21. The van der Waals surface area contributed by atoms with Crippen molar-refractivity contribution in [3.63, 3.8) is 0 Å². The van der Waals surface area contributed by atoms with E-state index in [9.17, 15) is 4.39 Å². The third-order valence-corrected chi connectivity index (χ3v) is 4.00. The second kappa shape index (κ2) is 7.57. The number of hydrogen-bond donors (Lipinski definition) is 1. The second-order valence-electron chi connectivity index (χ2n) is 5.01. The normalized spacial score (nSPS) is 10.7. The Morgan fingerprint density at radius 2 is 1.95 bits per heavy atom. The molecule has 0 aliphatic heterocycles. The van der Waals surface area contributed by atoms with E-state index in [1.54, 1.807) is 6.07 Å². The monoisotopic (exact) mass is 350 g/mol. The topological polar surface area (TPSA) is 15.3 Å². The van der Waals surface area contributed by atoms with Crippen LogP contribution in [-0.2, 0) is 13.1 Å². The van der Waals surface area contributed by atoms with Crippen molar-refractivity contribution in [1.82, 2.24) is 5.32 Å². The lowest BCUT2D eigenvalue weighted by molar-refractivity contribution is 0.608. The molecular weight excluding hydrogens is 331 g/mol. The number of halogens is 2. The second-order valence-corrected chi connectivity index (χ2v) is 5.87. The lowest BCUT2D eigenvalue weighted by Crippen LogP contribution is -2.18. The number of rotatable bonds is 6. The van der Waals surface area contributed by atoms with Gasteiger partial charge in [0.15, 0.2) is 0 Å². The lowest BCUT2D eigenvalue weighted by atomic mass is 10.1. The first-order chi connectivity index (χ1) is 10.1. The zero-order valence-electron chi connectivity index (χ0n) is 12.4. The number of hydrogen-bond acceptors (Lipinski definition) is 2. The predicted octanol–water partition coefficient (Wildman–Crippen LogP) is 4.33.